The van der Waals surface area contributed by atoms with E-state index in [9.17, 15) is 18.0 Å². The summed E-state index contributed by atoms with van der Waals surface area (Å²) in [5, 5.41) is 6.38. The number of benzene rings is 1. The first kappa shape index (κ1) is 17.7. The van der Waals surface area contributed by atoms with Gasteiger partial charge in [-0.25, -0.2) is 4.98 Å². The van der Waals surface area contributed by atoms with E-state index >= 15 is 0 Å². The largest absolute Gasteiger partial charge is 0.408 e. The van der Waals surface area contributed by atoms with Crippen LogP contribution in [-0.2, 0) is 17.8 Å². The van der Waals surface area contributed by atoms with Crippen molar-refractivity contribution in [3.05, 3.63) is 66.6 Å². The van der Waals surface area contributed by atoms with E-state index in [-0.39, 0.29) is 12.3 Å². The number of carbonyl (C=O) groups excluding carboxylic acids is 1. The van der Waals surface area contributed by atoms with Crippen LogP contribution in [0.2, 0.25) is 0 Å². The van der Waals surface area contributed by atoms with Crippen LogP contribution >= 0.6 is 0 Å². The molecule has 1 aromatic carbocycles. The monoisotopic (exact) mass is 360 g/mol. The predicted molar refractivity (Wildman–Crippen MR) is 90.3 cm³/mol. The fourth-order valence-electron chi connectivity index (χ4n) is 2.39. The molecule has 0 saturated carbocycles. The molecule has 0 bridgehead atoms. The predicted octanol–water partition coefficient (Wildman–Crippen LogP) is 3.69. The molecule has 1 N–H and O–H groups in total. The highest BCUT2D eigenvalue weighted by molar-refractivity contribution is 5.91. The van der Waals surface area contributed by atoms with Gasteiger partial charge in [0.25, 0.3) is 0 Å². The van der Waals surface area contributed by atoms with Crippen molar-refractivity contribution in [1.29, 1.82) is 0 Å². The van der Waals surface area contributed by atoms with Crippen molar-refractivity contribution in [3.8, 4) is 11.1 Å². The lowest BCUT2D eigenvalue weighted by Gasteiger charge is -2.06. The lowest BCUT2D eigenvalue weighted by molar-refractivity contribution is -0.142. The molecule has 0 unspecified atom stereocenters. The molecule has 0 fully saturated rings. The van der Waals surface area contributed by atoms with E-state index < -0.39 is 12.7 Å². The number of pyridine rings is 1. The van der Waals surface area contributed by atoms with Gasteiger partial charge in [-0.15, -0.1) is 0 Å². The second kappa shape index (κ2) is 7.38. The highest BCUT2D eigenvalue weighted by Crippen LogP contribution is 2.22. The van der Waals surface area contributed by atoms with Crippen LogP contribution in [0.1, 0.15) is 5.56 Å². The summed E-state index contributed by atoms with van der Waals surface area (Å²) in [6, 6.07) is 12.6. The van der Waals surface area contributed by atoms with Gasteiger partial charge >= 0.3 is 6.18 Å². The summed E-state index contributed by atoms with van der Waals surface area (Å²) in [7, 11) is 0. The van der Waals surface area contributed by atoms with E-state index in [1.165, 1.54) is 18.6 Å². The number of anilines is 1. The SMILES string of the molecule is O=C(Cc1ccccc1)Nc1ccc(-c2cnn(CC(F)(F)F)c2)cn1. The molecule has 26 heavy (non-hydrogen) atoms. The minimum atomic E-state index is -4.32. The Morgan fingerprint density at radius 2 is 1.81 bits per heavy atom. The first-order valence-corrected chi connectivity index (χ1v) is 7.78. The quantitative estimate of drug-likeness (QED) is 0.755. The van der Waals surface area contributed by atoms with Gasteiger partial charge in [-0.2, -0.15) is 18.3 Å². The number of halogens is 3. The molecule has 8 heteroatoms. The van der Waals surface area contributed by atoms with Crippen LogP contribution in [0.5, 0.6) is 0 Å². The summed E-state index contributed by atoms with van der Waals surface area (Å²) in [5.74, 6) is 0.173. The van der Waals surface area contributed by atoms with Crippen molar-refractivity contribution in [2.24, 2.45) is 0 Å². The number of hydrogen-bond donors (Lipinski definition) is 1. The summed E-state index contributed by atoms with van der Waals surface area (Å²) >= 11 is 0. The van der Waals surface area contributed by atoms with Crippen LogP contribution < -0.4 is 5.32 Å². The highest BCUT2D eigenvalue weighted by atomic mass is 19.4. The standard InChI is InChI=1S/C18H15F3N4O/c19-18(20,21)12-25-11-15(10-23-25)14-6-7-16(22-9-14)24-17(26)8-13-4-2-1-3-5-13/h1-7,9-11H,8,12H2,(H,22,24,26). The Labute approximate surface area is 147 Å². The zero-order chi connectivity index (χ0) is 18.6. The maximum absolute atomic E-state index is 12.4. The summed E-state index contributed by atoms with van der Waals surface area (Å²) in [6.07, 6.45) is 0.0323. The minimum Gasteiger partial charge on any atom is -0.310 e. The average molecular weight is 360 g/mol. The number of alkyl halides is 3. The van der Waals surface area contributed by atoms with Crippen molar-refractivity contribution in [2.45, 2.75) is 19.1 Å². The zero-order valence-electron chi connectivity index (χ0n) is 13.6. The van der Waals surface area contributed by atoms with Crippen molar-refractivity contribution in [1.82, 2.24) is 14.8 Å². The van der Waals surface area contributed by atoms with Gasteiger partial charge in [0.05, 0.1) is 12.6 Å². The normalized spacial score (nSPS) is 11.3. The zero-order valence-corrected chi connectivity index (χ0v) is 13.6. The van der Waals surface area contributed by atoms with Gasteiger partial charge in [-0.05, 0) is 17.7 Å². The van der Waals surface area contributed by atoms with Crippen LogP contribution in [0.25, 0.3) is 11.1 Å². The molecule has 0 saturated heterocycles. The molecule has 1 amide bonds. The van der Waals surface area contributed by atoms with E-state index in [0.29, 0.717) is 16.9 Å². The molecule has 2 aromatic heterocycles. The molecule has 0 atom stereocenters. The van der Waals surface area contributed by atoms with E-state index in [2.05, 4.69) is 15.4 Å². The second-order valence-electron chi connectivity index (χ2n) is 5.68. The molecule has 5 nitrogen and oxygen atoms in total. The maximum Gasteiger partial charge on any atom is 0.408 e. The minimum absolute atomic E-state index is 0.200. The van der Waals surface area contributed by atoms with Crippen molar-refractivity contribution < 1.29 is 18.0 Å². The van der Waals surface area contributed by atoms with Crippen LogP contribution in [0.4, 0.5) is 19.0 Å². The molecule has 0 aliphatic carbocycles. The van der Waals surface area contributed by atoms with Gasteiger partial charge in [-0.1, -0.05) is 30.3 Å². The third-order valence-corrected chi connectivity index (χ3v) is 3.55. The Hall–Kier alpha value is -3.16. The molecule has 3 rings (SSSR count). The van der Waals surface area contributed by atoms with Crippen LogP contribution in [0.15, 0.2) is 61.1 Å². The number of aromatic nitrogens is 3. The molecule has 134 valence electrons. The fraction of sp³-hybridized carbons (Fsp3) is 0.167. The molecular weight excluding hydrogens is 345 g/mol. The topological polar surface area (TPSA) is 59.8 Å². The summed E-state index contributed by atoms with van der Waals surface area (Å²) < 4.78 is 37.9. The van der Waals surface area contributed by atoms with E-state index in [0.717, 1.165) is 10.2 Å². The van der Waals surface area contributed by atoms with E-state index in [1.807, 2.05) is 30.3 Å². The van der Waals surface area contributed by atoms with Gasteiger partial charge in [0, 0.05) is 23.5 Å². The Kier molecular flexibility index (Phi) is 5.01. The third kappa shape index (κ3) is 4.92. The number of nitrogens with one attached hydrogen (secondary N) is 1. The highest BCUT2D eigenvalue weighted by Gasteiger charge is 2.28. The van der Waals surface area contributed by atoms with Crippen molar-refractivity contribution in [3.63, 3.8) is 0 Å². The lowest BCUT2D eigenvalue weighted by Crippen LogP contribution is -2.17. The van der Waals surface area contributed by atoms with Crippen LogP contribution in [0, 0.1) is 0 Å². The van der Waals surface area contributed by atoms with Gasteiger partial charge in [0.2, 0.25) is 5.91 Å². The van der Waals surface area contributed by atoms with Gasteiger partial charge in [0.1, 0.15) is 12.4 Å². The number of carbonyl (C=O) groups is 1. The molecule has 0 aliphatic rings. The third-order valence-electron chi connectivity index (χ3n) is 3.55. The second-order valence-corrected chi connectivity index (χ2v) is 5.68. The smallest absolute Gasteiger partial charge is 0.310 e. The molecule has 3 aromatic rings. The van der Waals surface area contributed by atoms with E-state index in [4.69, 9.17) is 0 Å². The average Bonchev–Trinajstić information content (AvgIpc) is 3.03. The molecule has 0 aliphatic heterocycles. The first-order chi connectivity index (χ1) is 12.4. The Bertz CT molecular complexity index is 873. The maximum atomic E-state index is 12.4. The Balaban J connectivity index is 1.62. The number of amides is 1. The molecular formula is C18H15F3N4O. The Morgan fingerprint density at radius 1 is 1.04 bits per heavy atom. The Morgan fingerprint density at radius 3 is 2.46 bits per heavy atom. The van der Waals surface area contributed by atoms with Gasteiger partial charge < -0.3 is 5.32 Å². The van der Waals surface area contributed by atoms with Crippen molar-refractivity contribution >= 4 is 11.7 Å². The van der Waals surface area contributed by atoms with Gasteiger partial charge in [-0.3, -0.25) is 9.48 Å². The number of nitrogens with zero attached hydrogens (tertiary/aromatic N) is 3. The fourth-order valence-corrected chi connectivity index (χ4v) is 2.39. The lowest BCUT2D eigenvalue weighted by atomic mass is 10.1. The van der Waals surface area contributed by atoms with Crippen LogP contribution in [0.3, 0.4) is 0 Å². The molecule has 0 radical (unpaired) electrons. The molecule has 2 heterocycles. The summed E-state index contributed by atoms with van der Waals surface area (Å²) in [5.41, 5.74) is 2.02. The van der Waals surface area contributed by atoms with E-state index in [1.54, 1.807) is 12.1 Å². The first-order valence-electron chi connectivity index (χ1n) is 7.78. The number of rotatable bonds is 5. The van der Waals surface area contributed by atoms with Crippen molar-refractivity contribution in [2.75, 3.05) is 5.32 Å². The summed E-state index contributed by atoms with van der Waals surface area (Å²) in [4.78, 5) is 16.1. The number of hydrogen-bond acceptors (Lipinski definition) is 3. The summed E-state index contributed by atoms with van der Waals surface area (Å²) in [6.45, 7) is -1.14. The van der Waals surface area contributed by atoms with Gasteiger partial charge in [0.15, 0.2) is 0 Å². The molecule has 0 spiro atoms. The van der Waals surface area contributed by atoms with Crippen LogP contribution in [-0.4, -0.2) is 26.8 Å².